The van der Waals surface area contributed by atoms with E-state index in [0.29, 0.717) is 28.4 Å². The molecule has 0 fully saturated rings. The molecule has 4 aromatic rings. The van der Waals surface area contributed by atoms with E-state index in [2.05, 4.69) is 0 Å². The Bertz CT molecular complexity index is 1310. The Balaban J connectivity index is 1.37. The summed E-state index contributed by atoms with van der Waals surface area (Å²) in [4.78, 5) is 11.0. The molecule has 36 heavy (non-hydrogen) atoms. The Hall–Kier alpha value is -4.14. The van der Waals surface area contributed by atoms with Gasteiger partial charge in [0.05, 0.1) is 17.8 Å². The smallest absolute Gasteiger partial charge is 0.307 e. The molecular formula is C28H25NO6S. The number of rotatable bonds is 11. The second kappa shape index (κ2) is 12.0. The topological polar surface area (TPSA) is 96.3 Å². The van der Waals surface area contributed by atoms with Crippen LogP contribution in [0.4, 0.5) is 11.4 Å². The zero-order chi connectivity index (χ0) is 25.3. The van der Waals surface area contributed by atoms with Gasteiger partial charge >= 0.3 is 5.97 Å². The highest BCUT2D eigenvalue weighted by molar-refractivity contribution is 7.81. The van der Waals surface area contributed by atoms with Gasteiger partial charge in [0.2, 0.25) is 0 Å². The van der Waals surface area contributed by atoms with Gasteiger partial charge in [0.1, 0.15) is 24.7 Å². The van der Waals surface area contributed by atoms with Crippen LogP contribution in [-0.2, 0) is 22.5 Å². The summed E-state index contributed by atoms with van der Waals surface area (Å²) < 4.78 is 34.8. The number of para-hydroxylation sites is 1. The highest BCUT2D eigenvalue weighted by Gasteiger charge is 2.15. The molecule has 7 nitrogen and oxygen atoms in total. The van der Waals surface area contributed by atoms with Gasteiger partial charge in [-0.3, -0.25) is 9.35 Å². The number of carbonyl (C=O) groups is 1. The van der Waals surface area contributed by atoms with Crippen LogP contribution in [-0.4, -0.2) is 33.1 Å². The summed E-state index contributed by atoms with van der Waals surface area (Å²) in [5.74, 6) is 0.162. The van der Waals surface area contributed by atoms with Gasteiger partial charge in [0.15, 0.2) is 0 Å². The number of carboxylic acid groups (broad SMARTS) is 1. The minimum absolute atomic E-state index is 0.115. The summed E-state index contributed by atoms with van der Waals surface area (Å²) in [6, 6.07) is 31.2. The molecule has 0 aliphatic rings. The molecule has 0 spiro atoms. The highest BCUT2D eigenvalue weighted by atomic mass is 32.2. The van der Waals surface area contributed by atoms with Crippen LogP contribution in [0.3, 0.4) is 0 Å². The van der Waals surface area contributed by atoms with Crippen LogP contribution in [0.2, 0.25) is 0 Å². The van der Waals surface area contributed by atoms with Crippen LogP contribution in [0.15, 0.2) is 103 Å². The fraction of sp³-hybridized carbons (Fsp3) is 0.107. The van der Waals surface area contributed by atoms with Crippen molar-refractivity contribution in [2.24, 2.45) is 0 Å². The van der Waals surface area contributed by atoms with Crippen LogP contribution in [0, 0.1) is 0 Å². The Morgan fingerprint density at radius 3 is 1.92 bits per heavy atom. The number of nitrogens with zero attached hydrogens (tertiary/aromatic N) is 1. The first-order valence-electron chi connectivity index (χ1n) is 11.2. The molecule has 184 valence electrons. The quantitative estimate of drug-likeness (QED) is 0.201. The van der Waals surface area contributed by atoms with Crippen molar-refractivity contribution in [1.29, 1.82) is 0 Å². The normalized spacial score (nSPS) is 11.5. The molecule has 4 rings (SSSR count). The van der Waals surface area contributed by atoms with Crippen LogP contribution < -0.4 is 13.8 Å². The zero-order valence-corrected chi connectivity index (χ0v) is 20.1. The molecule has 0 radical (unpaired) electrons. The van der Waals surface area contributed by atoms with Crippen molar-refractivity contribution in [2.45, 2.75) is 6.42 Å². The fourth-order valence-corrected chi connectivity index (χ4v) is 4.30. The molecule has 0 bridgehead atoms. The fourth-order valence-electron chi connectivity index (χ4n) is 3.69. The van der Waals surface area contributed by atoms with Crippen molar-refractivity contribution in [1.82, 2.24) is 0 Å². The monoisotopic (exact) mass is 503 g/mol. The third kappa shape index (κ3) is 6.50. The molecule has 0 aliphatic heterocycles. The first kappa shape index (κ1) is 25.0. The number of ether oxygens (including phenoxy) is 2. The highest BCUT2D eigenvalue weighted by Crippen LogP contribution is 2.30. The molecule has 0 aliphatic carbocycles. The van der Waals surface area contributed by atoms with E-state index in [1.54, 1.807) is 60.7 Å². The largest absolute Gasteiger partial charge is 0.490 e. The van der Waals surface area contributed by atoms with Gasteiger partial charge in [-0.15, -0.1) is 0 Å². The van der Waals surface area contributed by atoms with Crippen molar-refractivity contribution < 1.29 is 28.1 Å². The maximum atomic E-state index is 12.1. The van der Waals surface area contributed by atoms with Crippen molar-refractivity contribution in [3.05, 3.63) is 109 Å². The van der Waals surface area contributed by atoms with Crippen molar-refractivity contribution in [3.63, 3.8) is 0 Å². The lowest BCUT2D eigenvalue weighted by Gasteiger charge is -2.20. The molecule has 0 amide bonds. The summed E-state index contributed by atoms with van der Waals surface area (Å²) >= 11 is -2.27. The molecule has 0 heterocycles. The number of hydrogen-bond donors (Lipinski definition) is 2. The summed E-state index contributed by atoms with van der Waals surface area (Å²) in [6.07, 6.45) is -0.115. The zero-order valence-electron chi connectivity index (χ0n) is 19.3. The average Bonchev–Trinajstić information content (AvgIpc) is 2.89. The second-order valence-corrected chi connectivity index (χ2v) is 8.63. The number of carboxylic acids is 1. The lowest BCUT2D eigenvalue weighted by Crippen LogP contribution is -2.19. The Labute approximate surface area is 212 Å². The number of benzene rings is 4. The van der Waals surface area contributed by atoms with Crippen LogP contribution in [0.5, 0.6) is 11.5 Å². The number of hydrogen-bond acceptors (Lipinski definition) is 4. The van der Waals surface area contributed by atoms with Crippen LogP contribution in [0.25, 0.3) is 11.1 Å². The van der Waals surface area contributed by atoms with Crippen molar-refractivity contribution in [3.8, 4) is 22.6 Å². The summed E-state index contributed by atoms with van der Waals surface area (Å²) in [5.41, 5.74) is 3.80. The molecule has 1 unspecified atom stereocenters. The minimum Gasteiger partial charge on any atom is -0.490 e. The third-order valence-corrected chi connectivity index (χ3v) is 6.09. The van der Waals surface area contributed by atoms with Gasteiger partial charge in [-0.05, 0) is 53.6 Å². The maximum absolute atomic E-state index is 12.1. The van der Waals surface area contributed by atoms with Gasteiger partial charge in [-0.2, -0.15) is 0 Å². The maximum Gasteiger partial charge on any atom is 0.307 e. The molecule has 8 heteroatoms. The van der Waals surface area contributed by atoms with Gasteiger partial charge in [0.25, 0.3) is 11.3 Å². The number of aliphatic carboxylic acids is 1. The van der Waals surface area contributed by atoms with E-state index in [1.165, 1.54) is 4.31 Å². The Morgan fingerprint density at radius 2 is 1.28 bits per heavy atom. The first-order chi connectivity index (χ1) is 17.5. The summed E-state index contributed by atoms with van der Waals surface area (Å²) in [5, 5.41) is 9.02. The molecule has 0 saturated carbocycles. The molecule has 0 aromatic heterocycles. The van der Waals surface area contributed by atoms with Crippen molar-refractivity contribution in [2.75, 3.05) is 17.5 Å². The van der Waals surface area contributed by atoms with E-state index in [9.17, 15) is 13.6 Å². The average molecular weight is 504 g/mol. The second-order valence-electron chi connectivity index (χ2n) is 7.81. The van der Waals surface area contributed by atoms with Crippen molar-refractivity contribution >= 4 is 28.6 Å². The molecule has 1 atom stereocenters. The van der Waals surface area contributed by atoms with E-state index < -0.39 is 17.2 Å². The molecule has 0 saturated heterocycles. The van der Waals surface area contributed by atoms with Crippen LogP contribution >= 0.6 is 0 Å². The summed E-state index contributed by atoms with van der Waals surface area (Å²) in [6.45, 7) is 0.482. The van der Waals surface area contributed by atoms with Gasteiger partial charge in [-0.25, -0.2) is 8.51 Å². The number of anilines is 2. The SMILES string of the molecule is O=C(O)Cc1ccccc1OCCOc1ccc(N(c2ccc(-c3ccccc3)cc2)S(=O)O)cc1. The Morgan fingerprint density at radius 1 is 0.722 bits per heavy atom. The molecular weight excluding hydrogens is 478 g/mol. The lowest BCUT2D eigenvalue weighted by atomic mass is 10.1. The van der Waals surface area contributed by atoms with Gasteiger partial charge in [-0.1, -0.05) is 60.7 Å². The standard InChI is InChI=1S/C28H25NO6S/c30-28(31)20-23-8-4-5-9-27(23)35-19-18-34-26-16-14-25(15-17-26)29(36(32)33)24-12-10-22(11-13-24)21-6-2-1-3-7-21/h1-17H,18-20H2,(H,30,31)(H,32,33). The van der Waals surface area contributed by atoms with E-state index in [-0.39, 0.29) is 19.6 Å². The van der Waals surface area contributed by atoms with Gasteiger partial charge < -0.3 is 14.6 Å². The summed E-state index contributed by atoms with van der Waals surface area (Å²) in [7, 11) is 0. The molecule has 2 N–H and O–H groups in total. The van der Waals surface area contributed by atoms with E-state index in [1.807, 2.05) is 42.5 Å². The third-order valence-electron chi connectivity index (χ3n) is 5.36. The van der Waals surface area contributed by atoms with E-state index in [4.69, 9.17) is 14.6 Å². The Kier molecular flexibility index (Phi) is 8.33. The lowest BCUT2D eigenvalue weighted by molar-refractivity contribution is -0.136. The van der Waals surface area contributed by atoms with E-state index >= 15 is 0 Å². The van der Waals surface area contributed by atoms with E-state index in [0.717, 1.165) is 11.1 Å². The predicted molar refractivity (Wildman–Crippen MR) is 140 cm³/mol. The first-order valence-corrected chi connectivity index (χ1v) is 12.3. The molecule has 4 aromatic carbocycles. The van der Waals surface area contributed by atoms with Gasteiger partial charge in [0, 0.05) is 5.56 Å². The minimum atomic E-state index is -2.27. The van der Waals surface area contributed by atoms with Crippen LogP contribution in [0.1, 0.15) is 5.56 Å². The predicted octanol–water partition coefficient (Wildman–Crippen LogP) is 5.71.